The van der Waals surface area contributed by atoms with Crippen LogP contribution in [0.4, 0.5) is 13.6 Å². The minimum Gasteiger partial charge on any atom is -0.444 e. The van der Waals surface area contributed by atoms with Crippen LogP contribution in [0.5, 0.6) is 0 Å². The molecule has 78 valence electrons. The second kappa shape index (κ2) is 4.96. The topological polar surface area (TPSA) is 72.6 Å². The second-order valence-corrected chi connectivity index (χ2v) is 2.85. The predicted octanol–water partition coefficient (Wildman–Crippen LogP) is 0.878. The van der Waals surface area contributed by atoms with E-state index in [1.165, 1.54) is 0 Å². The number of rotatable bonds is 5. The summed E-state index contributed by atoms with van der Waals surface area (Å²) in [5, 5.41) is 8.59. The molecule has 1 atom stereocenters. The predicted molar refractivity (Wildman–Crippen MR) is 41.4 cm³/mol. The highest BCUT2D eigenvalue weighted by Crippen LogP contribution is 2.20. The maximum atomic E-state index is 12.3. The van der Waals surface area contributed by atoms with E-state index in [2.05, 4.69) is 10.5 Å². The SMILES string of the molecule is CC(F)(F)CC[C@@H](CO)OC(N)=O. The summed E-state index contributed by atoms with van der Waals surface area (Å²) in [6.07, 6.45) is -2.57. The molecule has 0 spiro atoms. The lowest BCUT2D eigenvalue weighted by atomic mass is 10.1. The zero-order chi connectivity index (χ0) is 10.5. The first-order valence-corrected chi connectivity index (χ1v) is 3.80. The molecule has 0 saturated carbocycles. The van der Waals surface area contributed by atoms with Crippen molar-refractivity contribution in [3.05, 3.63) is 0 Å². The van der Waals surface area contributed by atoms with Crippen LogP contribution in [0.1, 0.15) is 19.8 Å². The zero-order valence-electron chi connectivity index (χ0n) is 7.30. The molecular weight excluding hydrogens is 184 g/mol. The van der Waals surface area contributed by atoms with E-state index < -0.39 is 31.1 Å². The Balaban J connectivity index is 3.79. The van der Waals surface area contributed by atoms with E-state index in [1.807, 2.05) is 0 Å². The van der Waals surface area contributed by atoms with Crippen LogP contribution < -0.4 is 5.73 Å². The third-order valence-corrected chi connectivity index (χ3v) is 1.39. The number of alkyl halides is 2. The van der Waals surface area contributed by atoms with Crippen molar-refractivity contribution in [1.82, 2.24) is 0 Å². The molecule has 0 aliphatic rings. The van der Waals surface area contributed by atoms with Gasteiger partial charge in [-0.25, -0.2) is 13.6 Å². The van der Waals surface area contributed by atoms with Gasteiger partial charge in [-0.1, -0.05) is 0 Å². The van der Waals surface area contributed by atoms with Crippen LogP contribution in [0.2, 0.25) is 0 Å². The highest BCUT2D eigenvalue weighted by Gasteiger charge is 2.23. The molecule has 3 N–H and O–H groups in total. The van der Waals surface area contributed by atoms with Crippen LogP contribution in [0, 0.1) is 0 Å². The first-order valence-electron chi connectivity index (χ1n) is 3.80. The molecule has 0 aromatic heterocycles. The molecule has 0 heterocycles. The van der Waals surface area contributed by atoms with E-state index in [4.69, 9.17) is 5.11 Å². The van der Waals surface area contributed by atoms with Gasteiger partial charge < -0.3 is 15.6 Å². The van der Waals surface area contributed by atoms with E-state index in [9.17, 15) is 13.6 Å². The molecule has 0 rings (SSSR count). The Morgan fingerprint density at radius 1 is 1.69 bits per heavy atom. The molecule has 0 aromatic rings. The van der Waals surface area contributed by atoms with E-state index >= 15 is 0 Å². The maximum Gasteiger partial charge on any atom is 0.404 e. The molecule has 0 unspecified atom stereocenters. The van der Waals surface area contributed by atoms with Crippen LogP contribution in [-0.2, 0) is 4.74 Å². The van der Waals surface area contributed by atoms with Crippen molar-refractivity contribution in [2.45, 2.75) is 31.8 Å². The summed E-state index contributed by atoms with van der Waals surface area (Å²) in [7, 11) is 0. The highest BCUT2D eigenvalue weighted by molar-refractivity contribution is 5.64. The monoisotopic (exact) mass is 197 g/mol. The number of hydrogen-bond donors (Lipinski definition) is 2. The molecule has 0 aliphatic carbocycles. The lowest BCUT2D eigenvalue weighted by Crippen LogP contribution is -2.27. The Morgan fingerprint density at radius 2 is 2.23 bits per heavy atom. The number of carbonyl (C=O) groups is 1. The molecule has 0 fully saturated rings. The molecule has 13 heavy (non-hydrogen) atoms. The first-order chi connectivity index (χ1) is 5.85. The number of aliphatic hydroxyl groups is 1. The molecule has 6 heteroatoms. The molecular formula is C7H13F2NO3. The Morgan fingerprint density at radius 3 is 2.54 bits per heavy atom. The maximum absolute atomic E-state index is 12.3. The van der Waals surface area contributed by atoms with E-state index in [-0.39, 0.29) is 6.42 Å². The summed E-state index contributed by atoms with van der Waals surface area (Å²) in [4.78, 5) is 10.2. The van der Waals surface area contributed by atoms with Crippen LogP contribution in [0.15, 0.2) is 0 Å². The van der Waals surface area contributed by atoms with Crippen molar-refractivity contribution in [2.75, 3.05) is 6.61 Å². The van der Waals surface area contributed by atoms with Gasteiger partial charge in [0.05, 0.1) is 6.61 Å². The van der Waals surface area contributed by atoms with Gasteiger partial charge in [0.15, 0.2) is 0 Å². The number of carbonyl (C=O) groups excluding carboxylic acids is 1. The third kappa shape index (κ3) is 7.45. The van der Waals surface area contributed by atoms with Gasteiger partial charge in [0.2, 0.25) is 5.92 Å². The van der Waals surface area contributed by atoms with Crippen molar-refractivity contribution >= 4 is 6.09 Å². The number of amides is 1. The molecule has 1 amide bonds. The molecule has 0 aliphatic heterocycles. The Hall–Kier alpha value is -0.910. The summed E-state index contributed by atoms with van der Waals surface area (Å²) in [5.41, 5.74) is 4.65. The van der Waals surface area contributed by atoms with Crippen LogP contribution >= 0.6 is 0 Å². The average molecular weight is 197 g/mol. The van der Waals surface area contributed by atoms with Gasteiger partial charge >= 0.3 is 6.09 Å². The van der Waals surface area contributed by atoms with Crippen molar-refractivity contribution in [3.8, 4) is 0 Å². The van der Waals surface area contributed by atoms with Gasteiger partial charge in [-0.05, 0) is 13.3 Å². The van der Waals surface area contributed by atoms with E-state index in [0.29, 0.717) is 0 Å². The summed E-state index contributed by atoms with van der Waals surface area (Å²) in [5.74, 6) is -2.82. The number of halogens is 2. The Kier molecular flexibility index (Phi) is 4.61. The lowest BCUT2D eigenvalue weighted by molar-refractivity contribution is -0.0123. The van der Waals surface area contributed by atoms with Crippen molar-refractivity contribution < 1.29 is 23.4 Å². The van der Waals surface area contributed by atoms with E-state index in [0.717, 1.165) is 6.92 Å². The summed E-state index contributed by atoms with van der Waals surface area (Å²) in [6.45, 7) is 0.255. The van der Waals surface area contributed by atoms with Gasteiger partial charge in [-0.3, -0.25) is 0 Å². The number of nitrogens with two attached hydrogens (primary N) is 1. The van der Waals surface area contributed by atoms with Gasteiger partial charge in [0.1, 0.15) is 6.10 Å². The van der Waals surface area contributed by atoms with Gasteiger partial charge in [0, 0.05) is 6.42 Å². The van der Waals surface area contributed by atoms with Crippen LogP contribution in [0.25, 0.3) is 0 Å². The van der Waals surface area contributed by atoms with Crippen LogP contribution in [0.3, 0.4) is 0 Å². The average Bonchev–Trinajstić information content (AvgIpc) is 1.95. The first kappa shape index (κ1) is 12.1. The van der Waals surface area contributed by atoms with Gasteiger partial charge in [-0.2, -0.15) is 0 Å². The molecule has 4 nitrogen and oxygen atoms in total. The van der Waals surface area contributed by atoms with Gasteiger partial charge in [0.25, 0.3) is 0 Å². The molecule has 0 aromatic carbocycles. The van der Waals surface area contributed by atoms with E-state index in [1.54, 1.807) is 0 Å². The minimum atomic E-state index is -2.82. The van der Waals surface area contributed by atoms with Crippen LogP contribution in [-0.4, -0.2) is 29.8 Å². The Labute approximate surface area is 74.7 Å². The molecule has 0 radical (unpaired) electrons. The highest BCUT2D eigenvalue weighted by atomic mass is 19.3. The second-order valence-electron chi connectivity index (χ2n) is 2.85. The van der Waals surface area contributed by atoms with Gasteiger partial charge in [-0.15, -0.1) is 0 Å². The van der Waals surface area contributed by atoms with Crippen molar-refractivity contribution in [3.63, 3.8) is 0 Å². The number of hydrogen-bond acceptors (Lipinski definition) is 3. The largest absolute Gasteiger partial charge is 0.444 e. The lowest BCUT2D eigenvalue weighted by Gasteiger charge is -2.16. The quantitative estimate of drug-likeness (QED) is 0.687. The Bertz CT molecular complexity index is 170. The standard InChI is InChI=1S/C7H13F2NO3/c1-7(8,9)3-2-5(4-11)13-6(10)12/h5,11H,2-4H2,1H3,(H2,10,12)/t5-/m0/s1. The van der Waals surface area contributed by atoms with Crippen molar-refractivity contribution in [2.24, 2.45) is 5.73 Å². The number of ether oxygens (including phenoxy) is 1. The zero-order valence-corrected chi connectivity index (χ0v) is 7.30. The summed E-state index contributed by atoms with van der Waals surface area (Å²) in [6, 6.07) is 0. The fourth-order valence-corrected chi connectivity index (χ4v) is 0.766. The summed E-state index contributed by atoms with van der Waals surface area (Å²) < 4.78 is 29.0. The normalized spacial score (nSPS) is 13.8. The number of primary amides is 1. The van der Waals surface area contributed by atoms with Crippen molar-refractivity contribution in [1.29, 1.82) is 0 Å². The minimum absolute atomic E-state index is 0.108. The molecule has 0 saturated heterocycles. The number of aliphatic hydroxyl groups excluding tert-OH is 1. The fraction of sp³-hybridized carbons (Fsp3) is 0.857. The third-order valence-electron chi connectivity index (χ3n) is 1.39. The fourth-order valence-electron chi connectivity index (χ4n) is 0.766. The molecule has 0 bridgehead atoms. The smallest absolute Gasteiger partial charge is 0.404 e. The summed E-state index contributed by atoms with van der Waals surface area (Å²) >= 11 is 0.